The van der Waals surface area contributed by atoms with E-state index in [4.69, 9.17) is 21.1 Å². The Labute approximate surface area is 150 Å². The molecule has 1 heterocycles. The third-order valence-corrected chi connectivity index (χ3v) is 3.97. The van der Waals surface area contributed by atoms with Gasteiger partial charge in [0.1, 0.15) is 17.3 Å². The van der Waals surface area contributed by atoms with Crippen molar-refractivity contribution in [3.63, 3.8) is 0 Å². The molecule has 0 unspecified atom stereocenters. The summed E-state index contributed by atoms with van der Waals surface area (Å²) in [5.74, 6) is 1.69. The minimum atomic E-state index is -0.214. The average Bonchev–Trinajstić information content (AvgIpc) is 3.41. The number of rotatable bonds is 6. The minimum Gasteiger partial charge on any atom is -0.495 e. The molecule has 0 aliphatic heterocycles. The molecule has 3 rings (SSSR count). The molecule has 3 N–H and O–H groups in total. The number of hydrogen-bond donors (Lipinski definition) is 3. The van der Waals surface area contributed by atoms with Gasteiger partial charge in [-0.25, -0.2) is 9.78 Å². The fraction of sp³-hybridized carbons (Fsp3) is 0.294. The summed E-state index contributed by atoms with van der Waals surface area (Å²) in [7, 11) is 3.10. The molecule has 2 amide bonds. The maximum atomic E-state index is 11.7. The van der Waals surface area contributed by atoms with Crippen molar-refractivity contribution in [3.05, 3.63) is 35.5 Å². The summed E-state index contributed by atoms with van der Waals surface area (Å²) in [4.78, 5) is 16.0. The zero-order valence-corrected chi connectivity index (χ0v) is 14.7. The van der Waals surface area contributed by atoms with Crippen molar-refractivity contribution >= 4 is 34.8 Å². The van der Waals surface area contributed by atoms with Crippen LogP contribution < -0.4 is 25.4 Å². The molecule has 0 radical (unpaired) electrons. The Morgan fingerprint density at radius 2 is 1.96 bits per heavy atom. The number of carbonyl (C=O) groups excluding carboxylic acids is 1. The molecule has 1 saturated carbocycles. The molecule has 1 aliphatic carbocycles. The zero-order valence-electron chi connectivity index (χ0n) is 13.9. The minimum absolute atomic E-state index is 0.214. The largest absolute Gasteiger partial charge is 0.495 e. The average molecular weight is 363 g/mol. The molecular formula is C17H19ClN4O3. The van der Waals surface area contributed by atoms with Crippen molar-refractivity contribution in [2.45, 2.75) is 18.9 Å². The monoisotopic (exact) mass is 362 g/mol. The number of aromatic nitrogens is 1. The summed E-state index contributed by atoms with van der Waals surface area (Å²) in [6.07, 6.45) is 3.66. The second-order valence-electron chi connectivity index (χ2n) is 5.62. The van der Waals surface area contributed by atoms with Gasteiger partial charge < -0.3 is 25.4 Å². The smallest absolute Gasteiger partial charge is 0.319 e. The Hall–Kier alpha value is -2.67. The van der Waals surface area contributed by atoms with Crippen molar-refractivity contribution in [3.8, 4) is 11.5 Å². The molecule has 25 heavy (non-hydrogen) atoms. The molecule has 8 heteroatoms. The number of methoxy groups -OCH3 is 2. The number of halogens is 1. The van der Waals surface area contributed by atoms with E-state index in [1.165, 1.54) is 0 Å². The second kappa shape index (κ2) is 7.48. The van der Waals surface area contributed by atoms with Gasteiger partial charge in [-0.1, -0.05) is 11.6 Å². The highest BCUT2D eigenvalue weighted by Crippen LogP contribution is 2.37. The van der Waals surface area contributed by atoms with E-state index < -0.39 is 0 Å². The summed E-state index contributed by atoms with van der Waals surface area (Å²) in [5.41, 5.74) is 1.28. The first-order valence-corrected chi connectivity index (χ1v) is 8.19. The van der Waals surface area contributed by atoms with Gasteiger partial charge in [0.25, 0.3) is 0 Å². The van der Waals surface area contributed by atoms with E-state index in [-0.39, 0.29) is 6.03 Å². The number of anilines is 3. The van der Waals surface area contributed by atoms with Crippen molar-refractivity contribution in [2.75, 3.05) is 24.9 Å². The Bertz CT molecular complexity index is 763. The fourth-order valence-electron chi connectivity index (χ4n) is 2.22. The molecule has 1 fully saturated rings. The number of amides is 2. The van der Waals surface area contributed by atoms with Crippen molar-refractivity contribution in [1.29, 1.82) is 0 Å². The first-order chi connectivity index (χ1) is 12.1. The Balaban J connectivity index is 1.69. The van der Waals surface area contributed by atoms with Gasteiger partial charge in [0, 0.05) is 18.2 Å². The Morgan fingerprint density at radius 3 is 2.56 bits per heavy atom. The van der Waals surface area contributed by atoms with Crippen LogP contribution in [-0.2, 0) is 0 Å². The van der Waals surface area contributed by atoms with Gasteiger partial charge in [0.15, 0.2) is 0 Å². The van der Waals surface area contributed by atoms with Crippen molar-refractivity contribution in [2.24, 2.45) is 0 Å². The van der Waals surface area contributed by atoms with Gasteiger partial charge in [-0.2, -0.15) is 0 Å². The lowest BCUT2D eigenvalue weighted by molar-refractivity contribution is 0.251. The van der Waals surface area contributed by atoms with Gasteiger partial charge in [-0.05, 0) is 25.0 Å². The van der Waals surface area contributed by atoms with Crippen LogP contribution in [0.3, 0.4) is 0 Å². The maximum Gasteiger partial charge on any atom is 0.319 e. The zero-order chi connectivity index (χ0) is 17.8. The number of benzene rings is 1. The van der Waals surface area contributed by atoms with Crippen LogP contribution in [0.5, 0.6) is 11.5 Å². The third kappa shape index (κ3) is 4.45. The van der Waals surface area contributed by atoms with Crippen LogP contribution in [0, 0.1) is 0 Å². The number of urea groups is 1. The van der Waals surface area contributed by atoms with Crippen LogP contribution in [0.2, 0.25) is 5.02 Å². The van der Waals surface area contributed by atoms with E-state index in [0.29, 0.717) is 39.8 Å². The topological polar surface area (TPSA) is 84.5 Å². The van der Waals surface area contributed by atoms with Crippen LogP contribution in [0.25, 0.3) is 0 Å². The number of nitrogens with one attached hydrogen (secondary N) is 3. The predicted octanol–water partition coefficient (Wildman–Crippen LogP) is 3.78. The van der Waals surface area contributed by atoms with E-state index in [9.17, 15) is 4.79 Å². The standard InChI is InChI=1S/C17H19ClN4O3/c1-24-14-8-13(15(25-2)7-12(14)18)22-16-6-5-11(9-19-16)21-17(23)20-10-3-4-10/h5-10H,3-4H2,1-2H3,(H,19,22)(H2,20,21,23). The van der Waals surface area contributed by atoms with Crippen LogP contribution in [0.15, 0.2) is 30.5 Å². The highest BCUT2D eigenvalue weighted by Gasteiger charge is 2.23. The molecule has 2 aromatic rings. The second-order valence-corrected chi connectivity index (χ2v) is 6.02. The summed E-state index contributed by atoms with van der Waals surface area (Å²) in [6.45, 7) is 0. The molecule has 0 bridgehead atoms. The third-order valence-electron chi connectivity index (χ3n) is 3.67. The van der Waals surface area contributed by atoms with Crippen LogP contribution >= 0.6 is 11.6 Å². The van der Waals surface area contributed by atoms with E-state index in [0.717, 1.165) is 12.8 Å². The van der Waals surface area contributed by atoms with E-state index in [1.807, 2.05) is 0 Å². The van der Waals surface area contributed by atoms with E-state index >= 15 is 0 Å². The first-order valence-electron chi connectivity index (χ1n) is 7.81. The summed E-state index contributed by atoms with van der Waals surface area (Å²) >= 11 is 6.10. The lowest BCUT2D eigenvalue weighted by atomic mass is 10.2. The lowest BCUT2D eigenvalue weighted by Crippen LogP contribution is -2.30. The van der Waals surface area contributed by atoms with Crippen LogP contribution in [0.4, 0.5) is 22.0 Å². The lowest BCUT2D eigenvalue weighted by Gasteiger charge is -2.14. The molecule has 7 nitrogen and oxygen atoms in total. The molecule has 0 atom stereocenters. The van der Waals surface area contributed by atoms with Gasteiger partial charge in [0.2, 0.25) is 0 Å². The number of carbonyl (C=O) groups is 1. The molecule has 1 aromatic heterocycles. The van der Waals surface area contributed by atoms with Crippen molar-refractivity contribution < 1.29 is 14.3 Å². The normalized spacial score (nSPS) is 13.1. The molecule has 132 valence electrons. The highest BCUT2D eigenvalue weighted by molar-refractivity contribution is 6.32. The van der Waals surface area contributed by atoms with Crippen molar-refractivity contribution in [1.82, 2.24) is 10.3 Å². The summed E-state index contributed by atoms with van der Waals surface area (Å²) in [5, 5.41) is 9.21. The number of ether oxygens (including phenoxy) is 2. The predicted molar refractivity (Wildman–Crippen MR) is 97.3 cm³/mol. The van der Waals surface area contributed by atoms with Gasteiger partial charge in [-0.15, -0.1) is 0 Å². The Morgan fingerprint density at radius 1 is 1.20 bits per heavy atom. The molecule has 0 saturated heterocycles. The molecule has 1 aromatic carbocycles. The Kier molecular flexibility index (Phi) is 5.14. The maximum absolute atomic E-state index is 11.7. The number of nitrogens with zero attached hydrogens (tertiary/aromatic N) is 1. The summed E-state index contributed by atoms with van der Waals surface area (Å²) in [6, 6.07) is 7.02. The fourth-order valence-corrected chi connectivity index (χ4v) is 2.45. The SMILES string of the molecule is COc1cc(Nc2ccc(NC(=O)NC3CC3)cn2)c(OC)cc1Cl. The molecule has 1 aliphatic rings. The molecule has 0 spiro atoms. The van der Waals surface area contributed by atoms with Crippen LogP contribution in [0.1, 0.15) is 12.8 Å². The van der Waals surface area contributed by atoms with Gasteiger partial charge >= 0.3 is 6.03 Å². The highest BCUT2D eigenvalue weighted by atomic mass is 35.5. The van der Waals surface area contributed by atoms with Gasteiger partial charge in [0.05, 0.1) is 36.8 Å². The summed E-state index contributed by atoms with van der Waals surface area (Å²) < 4.78 is 10.5. The van der Waals surface area contributed by atoms with Gasteiger partial charge in [-0.3, -0.25) is 0 Å². The van der Waals surface area contributed by atoms with Crippen LogP contribution in [-0.4, -0.2) is 31.3 Å². The number of pyridine rings is 1. The quantitative estimate of drug-likeness (QED) is 0.728. The first kappa shape index (κ1) is 17.2. The van der Waals surface area contributed by atoms with E-state index in [2.05, 4.69) is 20.9 Å². The number of hydrogen-bond acceptors (Lipinski definition) is 5. The molecular weight excluding hydrogens is 344 g/mol. The van der Waals surface area contributed by atoms with E-state index in [1.54, 1.807) is 44.7 Å².